The van der Waals surface area contributed by atoms with Gasteiger partial charge < -0.3 is 10.6 Å². The summed E-state index contributed by atoms with van der Waals surface area (Å²) in [5.74, 6) is 0.988. The first-order chi connectivity index (χ1) is 7.38. The predicted octanol–water partition coefficient (Wildman–Crippen LogP) is 1.62. The summed E-state index contributed by atoms with van der Waals surface area (Å²) in [5.41, 5.74) is 5.90. The molecule has 0 unspecified atom stereocenters. The highest BCUT2D eigenvalue weighted by atomic mass is 16.2. The summed E-state index contributed by atoms with van der Waals surface area (Å²) in [7, 11) is 0. The molecule has 2 aliphatic rings. The van der Waals surface area contributed by atoms with Gasteiger partial charge in [-0.3, -0.25) is 4.79 Å². The highest BCUT2D eigenvalue weighted by molar-refractivity contribution is 5.84. The maximum Gasteiger partial charge on any atom is 0.230 e. The zero-order valence-corrected chi connectivity index (χ0v) is 10.8. The van der Waals surface area contributed by atoms with Gasteiger partial charge in [0, 0.05) is 19.6 Å². The lowest BCUT2D eigenvalue weighted by atomic mass is 9.62. The second-order valence-electron chi connectivity index (χ2n) is 6.64. The molecule has 2 N–H and O–H groups in total. The SMILES string of the molecule is CC1CC(CN)(C(=O)N2CCC(C)(C)C2)C1. The van der Waals surface area contributed by atoms with Gasteiger partial charge in [0.15, 0.2) is 0 Å². The average molecular weight is 224 g/mol. The average Bonchev–Trinajstić information content (AvgIpc) is 2.52. The van der Waals surface area contributed by atoms with Crippen LogP contribution in [-0.4, -0.2) is 30.4 Å². The molecule has 1 heterocycles. The van der Waals surface area contributed by atoms with E-state index in [1.165, 1.54) is 0 Å². The molecule has 2 fully saturated rings. The molecule has 1 saturated heterocycles. The zero-order valence-electron chi connectivity index (χ0n) is 10.8. The largest absolute Gasteiger partial charge is 0.342 e. The van der Waals surface area contributed by atoms with Crippen molar-refractivity contribution in [1.82, 2.24) is 4.90 Å². The lowest BCUT2D eigenvalue weighted by Crippen LogP contribution is -2.54. The molecule has 1 amide bonds. The molecule has 92 valence electrons. The number of nitrogens with zero attached hydrogens (tertiary/aromatic N) is 1. The number of carbonyl (C=O) groups is 1. The Bertz CT molecular complexity index is 292. The van der Waals surface area contributed by atoms with Gasteiger partial charge in [-0.1, -0.05) is 20.8 Å². The molecule has 0 aromatic carbocycles. The second kappa shape index (κ2) is 3.73. The van der Waals surface area contributed by atoms with Gasteiger partial charge in [0.2, 0.25) is 5.91 Å². The lowest BCUT2D eigenvalue weighted by molar-refractivity contribution is -0.148. The molecule has 0 spiro atoms. The van der Waals surface area contributed by atoms with E-state index in [9.17, 15) is 4.79 Å². The molecular formula is C13H24N2O. The fourth-order valence-electron chi connectivity index (χ4n) is 3.32. The molecule has 3 nitrogen and oxygen atoms in total. The predicted molar refractivity (Wildman–Crippen MR) is 64.9 cm³/mol. The molecular weight excluding hydrogens is 200 g/mol. The zero-order chi connectivity index (χ0) is 12.0. The molecule has 16 heavy (non-hydrogen) atoms. The summed E-state index contributed by atoms with van der Waals surface area (Å²) in [6.07, 6.45) is 3.09. The normalized spacial score (nSPS) is 37.2. The van der Waals surface area contributed by atoms with E-state index in [1.807, 2.05) is 4.90 Å². The Kier molecular flexibility index (Phi) is 2.77. The van der Waals surface area contributed by atoms with Crippen molar-refractivity contribution in [2.24, 2.45) is 22.5 Å². The fourth-order valence-corrected chi connectivity index (χ4v) is 3.32. The Morgan fingerprint density at radius 1 is 1.44 bits per heavy atom. The lowest BCUT2D eigenvalue weighted by Gasteiger charge is -2.46. The first kappa shape index (κ1) is 11.9. The van der Waals surface area contributed by atoms with E-state index in [0.29, 0.717) is 23.8 Å². The van der Waals surface area contributed by atoms with Crippen LogP contribution >= 0.6 is 0 Å². The number of carbonyl (C=O) groups excluding carboxylic acids is 1. The maximum atomic E-state index is 12.5. The van der Waals surface area contributed by atoms with Crippen LogP contribution in [0.4, 0.5) is 0 Å². The van der Waals surface area contributed by atoms with E-state index in [4.69, 9.17) is 5.73 Å². The number of likely N-dealkylation sites (tertiary alicyclic amines) is 1. The molecule has 0 bridgehead atoms. The van der Waals surface area contributed by atoms with Crippen LogP contribution in [-0.2, 0) is 4.79 Å². The number of hydrogen-bond acceptors (Lipinski definition) is 2. The Labute approximate surface area is 98.4 Å². The number of amides is 1. The molecule has 1 aliphatic carbocycles. The van der Waals surface area contributed by atoms with Gasteiger partial charge in [-0.05, 0) is 30.6 Å². The van der Waals surface area contributed by atoms with Gasteiger partial charge in [0.1, 0.15) is 0 Å². The Morgan fingerprint density at radius 3 is 2.44 bits per heavy atom. The highest BCUT2D eigenvalue weighted by Gasteiger charge is 2.50. The van der Waals surface area contributed by atoms with Crippen LogP contribution in [0, 0.1) is 16.7 Å². The third-order valence-corrected chi connectivity index (χ3v) is 4.29. The number of hydrogen-bond donors (Lipinski definition) is 1. The molecule has 0 atom stereocenters. The highest BCUT2D eigenvalue weighted by Crippen LogP contribution is 2.47. The van der Waals surface area contributed by atoms with Crippen molar-refractivity contribution in [3.63, 3.8) is 0 Å². The molecule has 1 aliphatic heterocycles. The summed E-state index contributed by atoms with van der Waals surface area (Å²) in [6, 6.07) is 0. The fraction of sp³-hybridized carbons (Fsp3) is 0.923. The van der Waals surface area contributed by atoms with Crippen molar-refractivity contribution >= 4 is 5.91 Å². The van der Waals surface area contributed by atoms with Crippen LogP contribution in [0.2, 0.25) is 0 Å². The third-order valence-electron chi connectivity index (χ3n) is 4.29. The van der Waals surface area contributed by atoms with Crippen molar-refractivity contribution in [3.8, 4) is 0 Å². The van der Waals surface area contributed by atoms with Gasteiger partial charge in [0.05, 0.1) is 5.41 Å². The van der Waals surface area contributed by atoms with E-state index in [-0.39, 0.29) is 5.41 Å². The van der Waals surface area contributed by atoms with Crippen molar-refractivity contribution in [2.75, 3.05) is 19.6 Å². The molecule has 3 heteroatoms. The minimum atomic E-state index is -0.208. The minimum absolute atomic E-state index is 0.208. The van der Waals surface area contributed by atoms with Crippen LogP contribution in [0.25, 0.3) is 0 Å². The number of rotatable bonds is 2. The topological polar surface area (TPSA) is 46.3 Å². The first-order valence-corrected chi connectivity index (χ1v) is 6.38. The Hall–Kier alpha value is -0.570. The summed E-state index contributed by atoms with van der Waals surface area (Å²) in [5, 5.41) is 0. The standard InChI is InChI=1S/C13H24N2O/c1-10-6-13(7-10,8-14)11(16)15-5-4-12(2,3)9-15/h10H,4-9,14H2,1-3H3. The van der Waals surface area contributed by atoms with Gasteiger partial charge in [0.25, 0.3) is 0 Å². The quantitative estimate of drug-likeness (QED) is 0.774. The van der Waals surface area contributed by atoms with Crippen molar-refractivity contribution in [2.45, 2.75) is 40.0 Å². The first-order valence-electron chi connectivity index (χ1n) is 6.38. The van der Waals surface area contributed by atoms with Crippen LogP contribution in [0.5, 0.6) is 0 Å². The second-order valence-corrected chi connectivity index (χ2v) is 6.64. The van der Waals surface area contributed by atoms with Crippen LogP contribution in [0.3, 0.4) is 0 Å². The van der Waals surface area contributed by atoms with E-state index < -0.39 is 0 Å². The van der Waals surface area contributed by atoms with E-state index >= 15 is 0 Å². The monoisotopic (exact) mass is 224 g/mol. The molecule has 2 rings (SSSR count). The van der Waals surface area contributed by atoms with E-state index in [0.717, 1.165) is 32.4 Å². The Balaban J connectivity index is 2.03. The van der Waals surface area contributed by atoms with Gasteiger partial charge in [-0.2, -0.15) is 0 Å². The van der Waals surface area contributed by atoms with Gasteiger partial charge in [-0.25, -0.2) is 0 Å². The Morgan fingerprint density at radius 2 is 2.06 bits per heavy atom. The summed E-state index contributed by atoms with van der Waals surface area (Å²) in [6.45, 7) is 9.02. The van der Waals surface area contributed by atoms with Crippen molar-refractivity contribution in [3.05, 3.63) is 0 Å². The van der Waals surface area contributed by atoms with Crippen LogP contribution in [0.15, 0.2) is 0 Å². The van der Waals surface area contributed by atoms with E-state index in [2.05, 4.69) is 20.8 Å². The van der Waals surface area contributed by atoms with Gasteiger partial charge >= 0.3 is 0 Å². The third kappa shape index (κ3) is 1.86. The minimum Gasteiger partial charge on any atom is -0.342 e. The molecule has 0 radical (unpaired) electrons. The molecule has 0 aromatic rings. The van der Waals surface area contributed by atoms with Crippen LogP contribution < -0.4 is 5.73 Å². The van der Waals surface area contributed by atoms with Crippen molar-refractivity contribution < 1.29 is 4.79 Å². The van der Waals surface area contributed by atoms with Crippen molar-refractivity contribution in [1.29, 1.82) is 0 Å². The maximum absolute atomic E-state index is 12.5. The smallest absolute Gasteiger partial charge is 0.230 e. The molecule has 1 saturated carbocycles. The summed E-state index contributed by atoms with van der Waals surface area (Å²) >= 11 is 0. The van der Waals surface area contributed by atoms with Gasteiger partial charge in [-0.15, -0.1) is 0 Å². The van der Waals surface area contributed by atoms with E-state index in [1.54, 1.807) is 0 Å². The summed E-state index contributed by atoms with van der Waals surface area (Å²) in [4.78, 5) is 14.5. The number of nitrogens with two attached hydrogens (primary N) is 1. The summed E-state index contributed by atoms with van der Waals surface area (Å²) < 4.78 is 0. The molecule has 0 aromatic heterocycles. The van der Waals surface area contributed by atoms with Crippen LogP contribution in [0.1, 0.15) is 40.0 Å².